The fourth-order valence-corrected chi connectivity index (χ4v) is 4.40. The molecule has 0 saturated heterocycles. The van der Waals surface area contributed by atoms with Gasteiger partial charge in [-0.3, -0.25) is 4.79 Å². The minimum atomic E-state index is -0.370. The molecule has 4 aliphatic rings. The van der Waals surface area contributed by atoms with Gasteiger partial charge < -0.3 is 9.47 Å². The second-order valence-electron chi connectivity index (χ2n) is 6.00. The molecule has 0 aromatic carbocycles. The molecular formula is C14H22O3. The normalized spacial score (nSPS) is 44.0. The molecule has 3 heteroatoms. The highest BCUT2D eigenvalue weighted by Gasteiger charge is 2.54. The van der Waals surface area contributed by atoms with E-state index in [0.29, 0.717) is 12.5 Å². The molecule has 96 valence electrons. The Kier molecular flexibility index (Phi) is 2.89. The van der Waals surface area contributed by atoms with Crippen LogP contribution in [-0.2, 0) is 14.3 Å². The van der Waals surface area contributed by atoms with Crippen LogP contribution in [0.4, 0.5) is 0 Å². The van der Waals surface area contributed by atoms with Gasteiger partial charge >= 0.3 is 5.97 Å². The summed E-state index contributed by atoms with van der Waals surface area (Å²) >= 11 is 0. The first-order valence-electron chi connectivity index (χ1n) is 7.02. The summed E-state index contributed by atoms with van der Waals surface area (Å²) in [5, 5.41) is 0. The minimum Gasteiger partial charge on any atom is -0.436 e. The smallest absolute Gasteiger partial charge is 0.307 e. The molecule has 0 N–H and O–H groups in total. The van der Waals surface area contributed by atoms with Crippen molar-refractivity contribution in [3.63, 3.8) is 0 Å². The average molecular weight is 238 g/mol. The first-order valence-corrected chi connectivity index (χ1v) is 7.02. The summed E-state index contributed by atoms with van der Waals surface area (Å²) in [7, 11) is 0. The zero-order valence-electron chi connectivity index (χ0n) is 10.7. The molecule has 0 aliphatic heterocycles. The fraction of sp³-hybridized carbons (Fsp3) is 0.929. The molecule has 6 unspecified atom stereocenters. The van der Waals surface area contributed by atoms with Crippen molar-refractivity contribution >= 4 is 5.97 Å². The van der Waals surface area contributed by atoms with E-state index in [-0.39, 0.29) is 12.3 Å². The highest BCUT2D eigenvalue weighted by Crippen LogP contribution is 2.59. The number of carbonyl (C=O) groups is 1. The van der Waals surface area contributed by atoms with Gasteiger partial charge in [0.25, 0.3) is 0 Å². The van der Waals surface area contributed by atoms with Crippen molar-refractivity contribution in [2.45, 2.75) is 58.3 Å². The van der Waals surface area contributed by atoms with Crippen molar-refractivity contribution in [1.29, 1.82) is 0 Å². The van der Waals surface area contributed by atoms with Gasteiger partial charge in [-0.1, -0.05) is 6.92 Å². The summed E-state index contributed by atoms with van der Waals surface area (Å²) in [6, 6.07) is 0. The Morgan fingerprint density at radius 3 is 2.71 bits per heavy atom. The lowest BCUT2D eigenvalue weighted by molar-refractivity contribution is -0.195. The monoisotopic (exact) mass is 238 g/mol. The fourth-order valence-electron chi connectivity index (χ4n) is 4.40. The van der Waals surface area contributed by atoms with Crippen molar-refractivity contribution in [2.24, 2.45) is 23.7 Å². The SMILES string of the molecule is CCC(=O)OC(C)OC1C2CC3CC(C2)C1C3. The Morgan fingerprint density at radius 2 is 2.00 bits per heavy atom. The van der Waals surface area contributed by atoms with Gasteiger partial charge in [0.1, 0.15) is 0 Å². The third kappa shape index (κ3) is 1.99. The molecular weight excluding hydrogens is 216 g/mol. The average Bonchev–Trinajstić information content (AvgIpc) is 2.70. The Bertz CT molecular complexity index is 311. The quantitative estimate of drug-likeness (QED) is 0.558. The lowest BCUT2D eigenvalue weighted by Gasteiger charge is -2.33. The summed E-state index contributed by atoms with van der Waals surface area (Å²) in [6.45, 7) is 3.67. The van der Waals surface area contributed by atoms with Crippen LogP contribution >= 0.6 is 0 Å². The molecule has 4 fully saturated rings. The minimum absolute atomic E-state index is 0.162. The molecule has 0 radical (unpaired) electrons. The molecule has 0 spiro atoms. The highest BCUT2D eigenvalue weighted by atomic mass is 16.7. The van der Waals surface area contributed by atoms with E-state index >= 15 is 0 Å². The van der Waals surface area contributed by atoms with Crippen molar-refractivity contribution in [1.82, 2.24) is 0 Å². The van der Waals surface area contributed by atoms with Gasteiger partial charge in [0, 0.05) is 6.42 Å². The number of hydrogen-bond donors (Lipinski definition) is 0. The van der Waals surface area contributed by atoms with Crippen LogP contribution in [0.5, 0.6) is 0 Å². The van der Waals surface area contributed by atoms with Crippen LogP contribution in [0.25, 0.3) is 0 Å². The third-order valence-electron chi connectivity index (χ3n) is 4.91. The Morgan fingerprint density at radius 1 is 1.24 bits per heavy atom. The molecule has 17 heavy (non-hydrogen) atoms. The van der Waals surface area contributed by atoms with E-state index in [1.807, 2.05) is 13.8 Å². The van der Waals surface area contributed by atoms with Gasteiger partial charge in [0.05, 0.1) is 6.10 Å². The molecule has 4 aliphatic carbocycles. The number of carbonyl (C=O) groups excluding carboxylic acids is 1. The van der Waals surface area contributed by atoms with E-state index in [2.05, 4.69) is 0 Å². The first kappa shape index (κ1) is 11.5. The van der Waals surface area contributed by atoms with Crippen LogP contribution in [0, 0.1) is 23.7 Å². The van der Waals surface area contributed by atoms with Crippen molar-refractivity contribution in [3.8, 4) is 0 Å². The molecule has 0 aromatic rings. The molecule has 0 heterocycles. The Labute approximate surface area is 103 Å². The van der Waals surface area contributed by atoms with E-state index in [4.69, 9.17) is 9.47 Å². The Hall–Kier alpha value is -0.570. The number of esters is 1. The Balaban J connectivity index is 1.57. The van der Waals surface area contributed by atoms with E-state index in [0.717, 1.165) is 23.7 Å². The first-order chi connectivity index (χ1) is 8.17. The van der Waals surface area contributed by atoms with Gasteiger partial charge in [-0.15, -0.1) is 0 Å². The van der Waals surface area contributed by atoms with E-state index < -0.39 is 0 Å². The summed E-state index contributed by atoms with van der Waals surface area (Å²) < 4.78 is 11.2. The van der Waals surface area contributed by atoms with Gasteiger partial charge in [-0.2, -0.15) is 0 Å². The van der Waals surface area contributed by atoms with Crippen LogP contribution in [0.3, 0.4) is 0 Å². The third-order valence-corrected chi connectivity index (χ3v) is 4.91. The zero-order chi connectivity index (χ0) is 12.0. The molecule has 0 aromatic heterocycles. The van der Waals surface area contributed by atoms with Crippen LogP contribution in [0.2, 0.25) is 0 Å². The van der Waals surface area contributed by atoms with Gasteiger partial charge in [-0.05, 0) is 56.3 Å². The van der Waals surface area contributed by atoms with Crippen LogP contribution < -0.4 is 0 Å². The summed E-state index contributed by atoms with van der Waals surface area (Å²) in [5.74, 6) is 3.20. The zero-order valence-corrected chi connectivity index (χ0v) is 10.7. The van der Waals surface area contributed by atoms with E-state index in [1.165, 1.54) is 25.7 Å². The van der Waals surface area contributed by atoms with E-state index in [9.17, 15) is 4.79 Å². The number of ether oxygens (including phenoxy) is 2. The van der Waals surface area contributed by atoms with Crippen LogP contribution in [0.1, 0.15) is 46.0 Å². The predicted octanol–water partition coefficient (Wildman–Crippen LogP) is 2.74. The van der Waals surface area contributed by atoms with Crippen molar-refractivity contribution in [2.75, 3.05) is 0 Å². The number of rotatable bonds is 4. The lowest BCUT2D eigenvalue weighted by atomic mass is 9.80. The summed E-state index contributed by atoms with van der Waals surface area (Å²) in [5.41, 5.74) is 0. The van der Waals surface area contributed by atoms with Crippen molar-refractivity contribution < 1.29 is 14.3 Å². The second kappa shape index (κ2) is 4.27. The highest BCUT2D eigenvalue weighted by molar-refractivity contribution is 5.68. The standard InChI is InChI=1S/C14H22O3/c1-3-13(15)16-8(2)17-14-11-5-9-4-10(7-11)12(14)6-9/h8-12,14H,3-7H2,1-2H3. The molecule has 4 bridgehead atoms. The van der Waals surface area contributed by atoms with E-state index in [1.54, 1.807) is 0 Å². The van der Waals surface area contributed by atoms with Crippen LogP contribution in [-0.4, -0.2) is 18.4 Å². The topological polar surface area (TPSA) is 35.5 Å². The van der Waals surface area contributed by atoms with Crippen LogP contribution in [0.15, 0.2) is 0 Å². The predicted molar refractivity (Wildman–Crippen MR) is 63.1 cm³/mol. The molecule has 6 atom stereocenters. The summed E-state index contributed by atoms with van der Waals surface area (Å²) in [6.07, 6.45) is 5.87. The van der Waals surface area contributed by atoms with Gasteiger partial charge in [0.2, 0.25) is 0 Å². The maximum absolute atomic E-state index is 11.2. The number of hydrogen-bond acceptors (Lipinski definition) is 3. The second-order valence-corrected chi connectivity index (χ2v) is 6.00. The maximum Gasteiger partial charge on any atom is 0.307 e. The lowest BCUT2D eigenvalue weighted by Crippen LogP contribution is -2.34. The maximum atomic E-state index is 11.2. The largest absolute Gasteiger partial charge is 0.436 e. The molecule has 0 amide bonds. The van der Waals surface area contributed by atoms with Gasteiger partial charge in [-0.25, -0.2) is 0 Å². The van der Waals surface area contributed by atoms with Crippen molar-refractivity contribution in [3.05, 3.63) is 0 Å². The molecule has 4 rings (SSSR count). The molecule has 3 nitrogen and oxygen atoms in total. The van der Waals surface area contributed by atoms with Gasteiger partial charge in [0.15, 0.2) is 6.29 Å². The molecule has 4 saturated carbocycles. The summed E-state index contributed by atoms with van der Waals surface area (Å²) in [4.78, 5) is 11.2.